The first-order valence-electron chi connectivity index (χ1n) is 8.25. The molecule has 11 heteroatoms. The number of halogens is 4. The fraction of sp³-hybridized carbons (Fsp3) is 0.688. The first-order chi connectivity index (χ1) is 12.2. The Morgan fingerprint density at radius 1 is 1.44 bits per heavy atom. The van der Waals surface area contributed by atoms with Gasteiger partial charge in [0.15, 0.2) is 10.9 Å². The molecule has 3 unspecified atom stereocenters. The van der Waals surface area contributed by atoms with Crippen LogP contribution in [0.1, 0.15) is 45.4 Å². The number of alkyl halides is 3. The van der Waals surface area contributed by atoms with Crippen LogP contribution in [0.2, 0.25) is 5.15 Å². The average Bonchev–Trinajstić information content (AvgIpc) is 2.91. The van der Waals surface area contributed by atoms with Crippen molar-refractivity contribution in [1.29, 1.82) is 0 Å². The van der Waals surface area contributed by atoms with Gasteiger partial charge in [0.2, 0.25) is 5.60 Å². The summed E-state index contributed by atoms with van der Waals surface area (Å²) in [5.41, 5.74) is 0.329. The lowest BCUT2D eigenvalue weighted by atomic mass is 9.88. The van der Waals surface area contributed by atoms with E-state index in [4.69, 9.17) is 22.1 Å². The van der Waals surface area contributed by atoms with Crippen molar-refractivity contribution >= 4 is 22.6 Å². The highest BCUT2D eigenvalue weighted by Crippen LogP contribution is 2.47. The quantitative estimate of drug-likeness (QED) is 0.625. The monoisotopic (exact) mass is 429 g/mol. The van der Waals surface area contributed by atoms with E-state index in [2.05, 4.69) is 9.71 Å². The second-order valence-electron chi connectivity index (χ2n) is 7.44. The first-order valence-corrected chi connectivity index (χ1v) is 9.78. The van der Waals surface area contributed by atoms with E-state index in [9.17, 15) is 22.5 Å². The second kappa shape index (κ2) is 7.14. The topological polar surface area (TPSA) is 97.5 Å². The number of nitrogens with one attached hydrogen (secondary N) is 1. The maximum atomic E-state index is 13.4. The molecular weight excluding hydrogens is 407 g/mol. The maximum absolute atomic E-state index is 13.4. The number of hydrogen-bond acceptors (Lipinski definition) is 5. The molecule has 0 spiro atoms. The summed E-state index contributed by atoms with van der Waals surface area (Å²) in [7, 11) is -1.53. The van der Waals surface area contributed by atoms with Gasteiger partial charge in [-0.25, -0.2) is 13.9 Å². The van der Waals surface area contributed by atoms with Crippen LogP contribution in [0.15, 0.2) is 6.07 Å². The van der Waals surface area contributed by atoms with Gasteiger partial charge in [0.1, 0.15) is 6.61 Å². The predicted molar refractivity (Wildman–Crippen MR) is 96.7 cm³/mol. The SMILES string of the molecule is CCC1(NS(=O)C(C)(C)C)COc2c1cc(C(O)(CN)C(F)(F)F)nc2Cl. The minimum atomic E-state index is -5.05. The predicted octanol–water partition coefficient (Wildman–Crippen LogP) is 2.49. The van der Waals surface area contributed by atoms with Crippen LogP contribution in [0.4, 0.5) is 13.2 Å². The van der Waals surface area contributed by atoms with Crippen LogP contribution >= 0.6 is 11.6 Å². The molecule has 0 bridgehead atoms. The van der Waals surface area contributed by atoms with Gasteiger partial charge in [-0.1, -0.05) is 18.5 Å². The van der Waals surface area contributed by atoms with Crippen LogP contribution in [0, 0.1) is 0 Å². The summed E-state index contributed by atoms with van der Waals surface area (Å²) in [4.78, 5) is 3.67. The highest BCUT2D eigenvalue weighted by Gasteiger charge is 2.56. The van der Waals surface area contributed by atoms with Crippen LogP contribution in [-0.2, 0) is 22.1 Å². The Morgan fingerprint density at radius 3 is 2.48 bits per heavy atom. The number of pyridine rings is 1. The molecule has 2 rings (SSSR count). The van der Waals surface area contributed by atoms with Crippen molar-refractivity contribution in [2.45, 2.75) is 56.2 Å². The molecule has 1 aromatic rings. The summed E-state index contributed by atoms with van der Waals surface area (Å²) in [6.45, 7) is 5.95. The van der Waals surface area contributed by atoms with Crippen molar-refractivity contribution in [1.82, 2.24) is 9.71 Å². The molecule has 0 aliphatic carbocycles. The van der Waals surface area contributed by atoms with E-state index in [1.807, 2.05) is 0 Å². The van der Waals surface area contributed by atoms with Crippen molar-refractivity contribution < 1.29 is 27.2 Å². The third kappa shape index (κ3) is 3.82. The Bertz CT molecular complexity index is 757. The molecule has 1 aliphatic rings. The first kappa shape index (κ1) is 22.4. The molecule has 0 amide bonds. The van der Waals surface area contributed by atoms with Gasteiger partial charge < -0.3 is 15.6 Å². The molecule has 0 saturated carbocycles. The van der Waals surface area contributed by atoms with E-state index in [1.54, 1.807) is 27.7 Å². The number of aromatic nitrogens is 1. The van der Waals surface area contributed by atoms with Crippen LogP contribution in [0.25, 0.3) is 0 Å². The van der Waals surface area contributed by atoms with Crippen LogP contribution in [0.5, 0.6) is 5.75 Å². The van der Waals surface area contributed by atoms with Gasteiger partial charge >= 0.3 is 6.18 Å². The minimum absolute atomic E-state index is 0.0125. The molecule has 0 saturated heterocycles. The molecule has 6 nitrogen and oxygen atoms in total. The van der Waals surface area contributed by atoms with Gasteiger partial charge in [-0.3, -0.25) is 0 Å². The summed E-state index contributed by atoms with van der Waals surface area (Å²) < 4.78 is 60.7. The molecule has 0 aromatic carbocycles. The number of nitrogens with zero attached hydrogens (tertiary/aromatic N) is 1. The highest BCUT2D eigenvalue weighted by molar-refractivity contribution is 7.84. The summed E-state index contributed by atoms with van der Waals surface area (Å²) in [6.07, 6.45) is -4.70. The van der Waals surface area contributed by atoms with E-state index in [0.29, 0.717) is 6.42 Å². The molecular formula is C16H23ClF3N3O3S. The zero-order valence-corrected chi connectivity index (χ0v) is 17.0. The lowest BCUT2D eigenvalue weighted by Gasteiger charge is -2.33. The van der Waals surface area contributed by atoms with E-state index >= 15 is 0 Å². The molecule has 0 radical (unpaired) electrons. The third-order valence-corrected chi connectivity index (χ3v) is 6.49. The normalized spacial score (nSPS) is 23.5. The van der Waals surface area contributed by atoms with Crippen molar-refractivity contribution in [2.75, 3.05) is 13.2 Å². The van der Waals surface area contributed by atoms with Gasteiger partial charge in [-0.05, 0) is 33.3 Å². The van der Waals surface area contributed by atoms with E-state index in [-0.39, 0.29) is 23.1 Å². The summed E-state index contributed by atoms with van der Waals surface area (Å²) in [6, 6.07) is 1.07. The summed E-state index contributed by atoms with van der Waals surface area (Å²) in [5.74, 6) is 0.0993. The highest BCUT2D eigenvalue weighted by atomic mass is 35.5. The average molecular weight is 430 g/mol. The molecule has 3 atom stereocenters. The number of aliphatic hydroxyl groups is 1. The van der Waals surface area contributed by atoms with Crippen LogP contribution in [-0.4, -0.2) is 38.4 Å². The summed E-state index contributed by atoms with van der Waals surface area (Å²) >= 11 is 6.04. The Kier molecular flexibility index (Phi) is 5.91. The van der Waals surface area contributed by atoms with Crippen LogP contribution < -0.4 is 15.2 Å². The zero-order chi connectivity index (χ0) is 20.8. The minimum Gasteiger partial charge on any atom is -0.488 e. The lowest BCUT2D eigenvalue weighted by molar-refractivity contribution is -0.263. The number of ether oxygens (including phenoxy) is 1. The van der Waals surface area contributed by atoms with E-state index in [0.717, 1.165) is 6.07 Å². The zero-order valence-electron chi connectivity index (χ0n) is 15.4. The molecule has 1 aromatic heterocycles. The van der Waals surface area contributed by atoms with Crippen molar-refractivity contribution in [2.24, 2.45) is 5.73 Å². The number of rotatable bonds is 5. The molecule has 2 heterocycles. The van der Waals surface area contributed by atoms with Gasteiger partial charge in [-0.15, -0.1) is 0 Å². The Labute approximate surface area is 163 Å². The molecule has 1 aliphatic heterocycles. The smallest absolute Gasteiger partial charge is 0.424 e. The van der Waals surface area contributed by atoms with Gasteiger partial charge in [0.05, 0.1) is 27.0 Å². The standard InChI is InChI=1S/C16H23ClF3N3O3S/c1-5-14(23-27(25)13(2,3)4)8-26-11-9(14)6-10(22-12(11)17)15(24,7-21)16(18,19)20/h6,23-24H,5,7-8,21H2,1-4H3. The Morgan fingerprint density at radius 2 is 2.04 bits per heavy atom. The van der Waals surface area contributed by atoms with Crippen molar-refractivity contribution in [3.63, 3.8) is 0 Å². The fourth-order valence-corrected chi connectivity index (χ4v) is 3.85. The van der Waals surface area contributed by atoms with Crippen molar-refractivity contribution in [3.05, 3.63) is 22.5 Å². The molecule has 4 N–H and O–H groups in total. The second-order valence-corrected chi connectivity index (χ2v) is 9.77. The molecule has 0 fully saturated rings. The van der Waals surface area contributed by atoms with Gasteiger partial charge in [0.25, 0.3) is 0 Å². The van der Waals surface area contributed by atoms with Gasteiger partial charge in [-0.2, -0.15) is 13.2 Å². The number of nitrogens with two attached hydrogens (primary N) is 1. The molecule has 154 valence electrons. The number of hydrogen-bond donors (Lipinski definition) is 3. The maximum Gasteiger partial charge on any atom is 0.424 e. The number of fused-ring (bicyclic) bond motifs is 1. The fourth-order valence-electron chi connectivity index (χ4n) is 2.63. The van der Waals surface area contributed by atoms with Gasteiger partial charge in [0, 0.05) is 12.1 Å². The third-order valence-electron chi connectivity index (χ3n) is 4.55. The molecule has 27 heavy (non-hydrogen) atoms. The largest absolute Gasteiger partial charge is 0.488 e. The Balaban J connectivity index is 2.62. The van der Waals surface area contributed by atoms with Crippen molar-refractivity contribution in [3.8, 4) is 5.75 Å². The Hall–Kier alpha value is -0.940. The van der Waals surface area contributed by atoms with E-state index < -0.39 is 45.3 Å². The van der Waals surface area contributed by atoms with E-state index in [1.165, 1.54) is 0 Å². The summed E-state index contributed by atoms with van der Waals surface area (Å²) in [5, 5.41) is 9.82. The lowest BCUT2D eigenvalue weighted by Crippen LogP contribution is -2.50. The van der Waals surface area contributed by atoms with Crippen LogP contribution in [0.3, 0.4) is 0 Å².